The van der Waals surface area contributed by atoms with E-state index in [-0.39, 0.29) is 11.8 Å². The molecule has 0 spiro atoms. The standard InChI is InChI=1S/C12H24N2O3S2/c1-3-5-11(6-4-2)12(15)13-7-9-18-19-10-8-17-14-16/h11H,3-10H2,1-2H3,(H,13,15). The zero-order chi connectivity index (χ0) is 14.3. The van der Waals surface area contributed by atoms with E-state index in [0.717, 1.165) is 37.2 Å². The Kier molecular flexibility index (Phi) is 13.7. The third-order valence-electron chi connectivity index (χ3n) is 2.52. The lowest BCUT2D eigenvalue weighted by molar-refractivity contribution is -0.125. The fraction of sp³-hybridized carbons (Fsp3) is 0.917. The van der Waals surface area contributed by atoms with Crippen LogP contribution in [0.5, 0.6) is 0 Å². The van der Waals surface area contributed by atoms with Crippen molar-refractivity contribution in [3.05, 3.63) is 4.91 Å². The maximum absolute atomic E-state index is 11.9. The molecule has 112 valence electrons. The van der Waals surface area contributed by atoms with Gasteiger partial charge in [0.2, 0.25) is 5.91 Å². The molecule has 0 rings (SSSR count). The van der Waals surface area contributed by atoms with Crippen molar-refractivity contribution in [3.8, 4) is 0 Å². The summed E-state index contributed by atoms with van der Waals surface area (Å²) in [5.74, 6) is 1.93. The minimum Gasteiger partial charge on any atom is -0.363 e. The molecule has 0 aromatic rings. The van der Waals surface area contributed by atoms with E-state index in [0.29, 0.717) is 13.2 Å². The van der Waals surface area contributed by atoms with E-state index in [9.17, 15) is 9.70 Å². The molecule has 0 atom stereocenters. The highest BCUT2D eigenvalue weighted by molar-refractivity contribution is 8.76. The Labute approximate surface area is 123 Å². The van der Waals surface area contributed by atoms with Crippen molar-refractivity contribution in [2.24, 2.45) is 11.3 Å². The van der Waals surface area contributed by atoms with Crippen molar-refractivity contribution >= 4 is 27.5 Å². The number of hydrogen-bond donors (Lipinski definition) is 1. The monoisotopic (exact) mass is 308 g/mol. The highest BCUT2D eigenvalue weighted by Crippen LogP contribution is 2.20. The first kappa shape index (κ1) is 18.6. The molecule has 0 saturated carbocycles. The maximum Gasteiger partial charge on any atom is 0.223 e. The molecule has 0 aliphatic rings. The second-order valence-electron chi connectivity index (χ2n) is 4.12. The van der Waals surface area contributed by atoms with Gasteiger partial charge >= 0.3 is 0 Å². The molecule has 19 heavy (non-hydrogen) atoms. The van der Waals surface area contributed by atoms with Crippen LogP contribution in [-0.2, 0) is 9.63 Å². The zero-order valence-electron chi connectivity index (χ0n) is 11.7. The number of rotatable bonds is 13. The number of carbonyl (C=O) groups excluding carboxylic acids is 1. The average Bonchev–Trinajstić information content (AvgIpc) is 2.41. The van der Waals surface area contributed by atoms with E-state index in [1.807, 2.05) is 0 Å². The molecule has 5 nitrogen and oxygen atoms in total. The summed E-state index contributed by atoms with van der Waals surface area (Å²) in [6.45, 7) is 5.24. The molecule has 0 fully saturated rings. The van der Waals surface area contributed by atoms with Crippen LogP contribution in [0.25, 0.3) is 0 Å². The number of carbonyl (C=O) groups is 1. The summed E-state index contributed by atoms with van der Waals surface area (Å²) >= 11 is 0. The van der Waals surface area contributed by atoms with Crippen LogP contribution in [-0.4, -0.2) is 30.6 Å². The largest absolute Gasteiger partial charge is 0.363 e. The first-order valence-corrected chi connectivity index (χ1v) is 9.21. The minimum absolute atomic E-state index is 0.166. The van der Waals surface area contributed by atoms with Gasteiger partial charge in [0.1, 0.15) is 6.61 Å². The second-order valence-corrected chi connectivity index (χ2v) is 6.82. The van der Waals surface area contributed by atoms with E-state index in [1.54, 1.807) is 21.6 Å². The summed E-state index contributed by atoms with van der Waals surface area (Å²) in [7, 11) is 3.28. The van der Waals surface area contributed by atoms with Crippen molar-refractivity contribution in [3.63, 3.8) is 0 Å². The van der Waals surface area contributed by atoms with E-state index in [1.165, 1.54) is 0 Å². The van der Waals surface area contributed by atoms with Crippen molar-refractivity contribution in [1.29, 1.82) is 0 Å². The Morgan fingerprint density at radius 3 is 2.42 bits per heavy atom. The van der Waals surface area contributed by atoms with Crippen molar-refractivity contribution in [2.75, 3.05) is 24.7 Å². The molecule has 0 radical (unpaired) electrons. The molecule has 0 aliphatic heterocycles. The molecule has 0 aromatic carbocycles. The van der Waals surface area contributed by atoms with Gasteiger partial charge in [-0.15, -0.1) is 4.91 Å². The van der Waals surface area contributed by atoms with Crippen LogP contribution >= 0.6 is 21.6 Å². The van der Waals surface area contributed by atoms with Crippen LogP contribution in [0.1, 0.15) is 39.5 Å². The Morgan fingerprint density at radius 2 is 1.84 bits per heavy atom. The molecule has 0 saturated heterocycles. The molecular weight excluding hydrogens is 284 g/mol. The topological polar surface area (TPSA) is 67.8 Å². The predicted molar refractivity (Wildman–Crippen MR) is 83.0 cm³/mol. The Hall–Kier alpha value is -0.430. The molecule has 0 bridgehead atoms. The third-order valence-corrected chi connectivity index (χ3v) is 4.89. The first-order chi connectivity index (χ1) is 9.26. The summed E-state index contributed by atoms with van der Waals surface area (Å²) in [5.41, 5.74) is 0. The summed E-state index contributed by atoms with van der Waals surface area (Å²) in [5, 5.41) is 5.30. The fourth-order valence-electron chi connectivity index (χ4n) is 1.69. The van der Waals surface area contributed by atoms with Crippen LogP contribution in [0.3, 0.4) is 0 Å². The molecular formula is C12H24N2O3S2. The van der Waals surface area contributed by atoms with Gasteiger partial charge in [-0.3, -0.25) is 4.79 Å². The summed E-state index contributed by atoms with van der Waals surface area (Å²) in [4.78, 5) is 25.9. The third kappa shape index (κ3) is 11.1. The summed E-state index contributed by atoms with van der Waals surface area (Å²) in [6, 6.07) is 0. The first-order valence-electron chi connectivity index (χ1n) is 6.72. The Morgan fingerprint density at radius 1 is 1.21 bits per heavy atom. The van der Waals surface area contributed by atoms with Gasteiger partial charge in [-0.2, -0.15) is 0 Å². The van der Waals surface area contributed by atoms with Gasteiger partial charge in [0.25, 0.3) is 0 Å². The Bertz CT molecular complexity index is 237. The van der Waals surface area contributed by atoms with Gasteiger partial charge < -0.3 is 10.2 Å². The highest BCUT2D eigenvalue weighted by Gasteiger charge is 2.15. The van der Waals surface area contributed by atoms with Crippen molar-refractivity contribution < 1.29 is 9.63 Å². The van der Waals surface area contributed by atoms with E-state index in [4.69, 9.17) is 0 Å². The molecule has 0 aromatic heterocycles. The Balaban J connectivity index is 3.52. The van der Waals surface area contributed by atoms with Crippen LogP contribution in [0, 0.1) is 10.8 Å². The van der Waals surface area contributed by atoms with Crippen molar-refractivity contribution in [1.82, 2.24) is 5.32 Å². The predicted octanol–water partition coefficient (Wildman–Crippen LogP) is 3.40. The van der Waals surface area contributed by atoms with Gasteiger partial charge in [-0.25, -0.2) is 0 Å². The van der Waals surface area contributed by atoms with Gasteiger partial charge in [0.05, 0.1) is 0 Å². The van der Waals surface area contributed by atoms with Gasteiger partial charge in [-0.1, -0.05) is 48.3 Å². The van der Waals surface area contributed by atoms with Crippen molar-refractivity contribution in [2.45, 2.75) is 39.5 Å². The molecule has 0 aliphatic carbocycles. The number of nitrogens with one attached hydrogen (secondary N) is 1. The number of amides is 1. The summed E-state index contributed by atoms with van der Waals surface area (Å²) in [6.07, 6.45) is 4.04. The second kappa shape index (κ2) is 14.0. The van der Waals surface area contributed by atoms with E-state index < -0.39 is 0 Å². The normalized spacial score (nSPS) is 10.5. The molecule has 0 unspecified atom stereocenters. The average molecular weight is 308 g/mol. The molecule has 1 amide bonds. The lowest BCUT2D eigenvalue weighted by Gasteiger charge is -2.14. The van der Waals surface area contributed by atoms with E-state index >= 15 is 0 Å². The van der Waals surface area contributed by atoms with Crippen LogP contribution in [0.4, 0.5) is 0 Å². The van der Waals surface area contributed by atoms with Gasteiger partial charge in [0.15, 0.2) is 5.34 Å². The van der Waals surface area contributed by atoms with Crippen LogP contribution in [0.2, 0.25) is 0 Å². The lowest BCUT2D eigenvalue weighted by atomic mass is 9.97. The van der Waals surface area contributed by atoms with Gasteiger partial charge in [-0.05, 0) is 12.8 Å². The minimum atomic E-state index is 0.166. The maximum atomic E-state index is 11.9. The van der Waals surface area contributed by atoms with E-state index in [2.05, 4.69) is 29.3 Å². The fourth-order valence-corrected chi connectivity index (χ4v) is 3.41. The zero-order valence-corrected chi connectivity index (χ0v) is 13.4. The van der Waals surface area contributed by atoms with Crippen LogP contribution < -0.4 is 5.32 Å². The van der Waals surface area contributed by atoms with Gasteiger partial charge in [0, 0.05) is 24.0 Å². The summed E-state index contributed by atoms with van der Waals surface area (Å²) < 4.78 is 0. The quantitative estimate of drug-likeness (QED) is 0.244. The smallest absolute Gasteiger partial charge is 0.223 e. The number of hydrogen-bond acceptors (Lipinski definition) is 6. The molecule has 7 heteroatoms. The molecule has 1 N–H and O–H groups in total. The molecule has 0 heterocycles. The SMILES string of the molecule is CCCC(CCC)C(=O)NCCSSCCON=O. The number of nitrogens with zero attached hydrogens (tertiary/aromatic N) is 1. The van der Waals surface area contributed by atoms with Crippen LogP contribution in [0.15, 0.2) is 5.34 Å². The lowest BCUT2D eigenvalue weighted by Crippen LogP contribution is -2.32. The highest BCUT2D eigenvalue weighted by atomic mass is 33.1.